The fraction of sp³-hybridized carbons (Fsp3) is 0.700. The smallest absolute Gasteiger partial charge is 0.264 e. The number of hydrogen-bond acceptors (Lipinski definition) is 4. The summed E-state index contributed by atoms with van der Waals surface area (Å²) in [6.45, 7) is 3.37. The summed E-state index contributed by atoms with van der Waals surface area (Å²) < 4.78 is 26.7. The molecule has 0 heterocycles. The molecule has 0 saturated heterocycles. The van der Waals surface area contributed by atoms with Crippen molar-refractivity contribution in [2.45, 2.75) is 37.8 Å². The molecular formula is C10H17NO4S. The summed E-state index contributed by atoms with van der Waals surface area (Å²) in [5, 5.41) is 2.79. The lowest BCUT2D eigenvalue weighted by molar-refractivity contribution is -0.117. The van der Waals surface area contributed by atoms with Crippen LogP contribution in [0.4, 0.5) is 0 Å². The summed E-state index contributed by atoms with van der Waals surface area (Å²) in [7, 11) is -3.37. The molecule has 0 aromatic rings. The van der Waals surface area contributed by atoms with E-state index < -0.39 is 10.1 Å². The zero-order chi connectivity index (χ0) is 12.2. The third-order valence-corrected chi connectivity index (χ3v) is 3.14. The molecule has 1 rings (SSSR count). The van der Waals surface area contributed by atoms with Gasteiger partial charge in [0.05, 0.1) is 12.4 Å². The van der Waals surface area contributed by atoms with Crippen molar-refractivity contribution in [3.05, 3.63) is 12.7 Å². The lowest BCUT2D eigenvalue weighted by Gasteiger charge is -2.27. The molecule has 0 aliphatic heterocycles. The lowest BCUT2D eigenvalue weighted by atomic mass is 9.93. The third kappa shape index (κ3) is 4.76. The van der Waals surface area contributed by atoms with Gasteiger partial charge in [0.15, 0.2) is 0 Å². The summed E-state index contributed by atoms with van der Waals surface area (Å²) in [5.74, 6) is -0.188. The quantitative estimate of drug-likeness (QED) is 0.582. The minimum atomic E-state index is -3.37. The molecule has 0 bridgehead atoms. The Morgan fingerprint density at radius 2 is 1.94 bits per heavy atom. The number of nitrogens with one attached hydrogen (secondary N) is 1. The van der Waals surface area contributed by atoms with Crippen LogP contribution in [0.15, 0.2) is 12.7 Å². The van der Waals surface area contributed by atoms with E-state index in [1.807, 2.05) is 0 Å². The zero-order valence-corrected chi connectivity index (χ0v) is 10.1. The van der Waals surface area contributed by atoms with Gasteiger partial charge >= 0.3 is 0 Å². The number of rotatable bonds is 4. The topological polar surface area (TPSA) is 72.5 Å². The molecule has 92 valence electrons. The molecule has 1 aliphatic rings. The van der Waals surface area contributed by atoms with E-state index in [4.69, 9.17) is 4.18 Å². The van der Waals surface area contributed by atoms with Crippen molar-refractivity contribution in [2.75, 3.05) is 6.26 Å². The van der Waals surface area contributed by atoms with Crippen LogP contribution in [-0.2, 0) is 19.1 Å². The molecule has 5 nitrogen and oxygen atoms in total. The Balaban J connectivity index is 2.34. The maximum absolute atomic E-state index is 11.0. The first-order chi connectivity index (χ1) is 7.40. The van der Waals surface area contributed by atoms with Crippen LogP contribution in [0.2, 0.25) is 0 Å². The van der Waals surface area contributed by atoms with E-state index in [-0.39, 0.29) is 18.1 Å². The number of amides is 1. The van der Waals surface area contributed by atoms with Crippen molar-refractivity contribution in [3.63, 3.8) is 0 Å². The first-order valence-electron chi connectivity index (χ1n) is 5.22. The van der Waals surface area contributed by atoms with Gasteiger partial charge in [-0.1, -0.05) is 6.58 Å². The predicted octanol–water partition coefficient (Wildman–Crippen LogP) is 0.576. The second kappa shape index (κ2) is 5.45. The van der Waals surface area contributed by atoms with Gasteiger partial charge in [-0.15, -0.1) is 0 Å². The number of carbonyl (C=O) groups is 1. The van der Waals surface area contributed by atoms with E-state index in [0.717, 1.165) is 19.1 Å². The van der Waals surface area contributed by atoms with Crippen molar-refractivity contribution < 1.29 is 17.4 Å². The van der Waals surface area contributed by atoms with Crippen LogP contribution in [0, 0.1) is 0 Å². The monoisotopic (exact) mass is 247 g/mol. The summed E-state index contributed by atoms with van der Waals surface area (Å²) in [6.07, 6.45) is 4.81. The van der Waals surface area contributed by atoms with Gasteiger partial charge in [-0.3, -0.25) is 8.98 Å². The molecule has 0 radical (unpaired) electrons. The molecule has 0 atom stereocenters. The molecule has 1 fully saturated rings. The van der Waals surface area contributed by atoms with Crippen LogP contribution < -0.4 is 5.32 Å². The van der Waals surface area contributed by atoms with Crippen LogP contribution in [0.1, 0.15) is 25.7 Å². The Morgan fingerprint density at radius 1 is 1.38 bits per heavy atom. The van der Waals surface area contributed by atoms with E-state index in [2.05, 4.69) is 11.9 Å². The van der Waals surface area contributed by atoms with Crippen molar-refractivity contribution >= 4 is 16.0 Å². The fourth-order valence-corrected chi connectivity index (χ4v) is 2.50. The molecule has 0 aromatic carbocycles. The second-order valence-corrected chi connectivity index (χ2v) is 5.59. The van der Waals surface area contributed by atoms with Gasteiger partial charge in [-0.2, -0.15) is 8.42 Å². The minimum absolute atomic E-state index is 0.102. The molecule has 1 saturated carbocycles. The highest BCUT2D eigenvalue weighted by Gasteiger charge is 2.24. The van der Waals surface area contributed by atoms with Crippen LogP contribution >= 0.6 is 0 Å². The summed E-state index contributed by atoms with van der Waals surface area (Å²) in [6, 6.07) is 0.102. The molecule has 6 heteroatoms. The fourth-order valence-electron chi connectivity index (χ4n) is 1.81. The van der Waals surface area contributed by atoms with Crippen LogP contribution in [0.5, 0.6) is 0 Å². The summed E-state index contributed by atoms with van der Waals surface area (Å²) in [4.78, 5) is 11.0. The minimum Gasteiger partial charge on any atom is -0.350 e. The van der Waals surface area contributed by atoms with Gasteiger partial charge in [0.25, 0.3) is 10.1 Å². The van der Waals surface area contributed by atoms with Crippen molar-refractivity contribution in [1.82, 2.24) is 5.32 Å². The standard InChI is InChI=1S/C10H17NO4S/c1-3-10(12)11-8-4-6-9(7-5-8)15-16(2,13)14/h3,8-9H,1,4-7H2,2H3,(H,11,12)/t8-,9-. The summed E-state index contributed by atoms with van der Waals surface area (Å²) in [5.41, 5.74) is 0. The molecule has 16 heavy (non-hydrogen) atoms. The molecule has 1 N–H and O–H groups in total. The van der Waals surface area contributed by atoms with E-state index >= 15 is 0 Å². The lowest BCUT2D eigenvalue weighted by Crippen LogP contribution is -2.38. The molecular weight excluding hydrogens is 230 g/mol. The average molecular weight is 247 g/mol. The Morgan fingerprint density at radius 3 is 2.38 bits per heavy atom. The highest BCUT2D eigenvalue weighted by atomic mass is 32.2. The highest BCUT2D eigenvalue weighted by molar-refractivity contribution is 7.86. The first kappa shape index (κ1) is 13.2. The van der Waals surface area contributed by atoms with Crippen LogP contribution in [-0.4, -0.2) is 32.7 Å². The summed E-state index contributed by atoms with van der Waals surface area (Å²) >= 11 is 0. The zero-order valence-electron chi connectivity index (χ0n) is 9.31. The molecule has 1 aliphatic carbocycles. The van der Waals surface area contributed by atoms with Gasteiger partial charge in [-0.25, -0.2) is 0 Å². The highest BCUT2D eigenvalue weighted by Crippen LogP contribution is 2.22. The van der Waals surface area contributed by atoms with Crippen LogP contribution in [0.3, 0.4) is 0 Å². The normalized spacial score (nSPS) is 26.1. The second-order valence-electron chi connectivity index (χ2n) is 3.99. The van der Waals surface area contributed by atoms with Crippen molar-refractivity contribution in [2.24, 2.45) is 0 Å². The number of carbonyl (C=O) groups excluding carboxylic acids is 1. The number of hydrogen-bond donors (Lipinski definition) is 1. The van der Waals surface area contributed by atoms with E-state index in [1.165, 1.54) is 6.08 Å². The maximum atomic E-state index is 11.0. The maximum Gasteiger partial charge on any atom is 0.264 e. The Hall–Kier alpha value is -0.880. The molecule has 0 spiro atoms. The largest absolute Gasteiger partial charge is 0.350 e. The van der Waals surface area contributed by atoms with Crippen molar-refractivity contribution in [1.29, 1.82) is 0 Å². The molecule has 1 amide bonds. The SMILES string of the molecule is C=CC(=O)N[C@H]1CC[C@H](OS(C)(=O)=O)CC1. The van der Waals surface area contributed by atoms with E-state index in [1.54, 1.807) is 0 Å². The third-order valence-electron chi connectivity index (χ3n) is 2.52. The molecule has 0 unspecified atom stereocenters. The predicted molar refractivity (Wildman–Crippen MR) is 60.3 cm³/mol. The Labute approximate surface area is 96.0 Å². The first-order valence-corrected chi connectivity index (χ1v) is 7.03. The van der Waals surface area contributed by atoms with Gasteiger partial charge in [0.2, 0.25) is 5.91 Å². The van der Waals surface area contributed by atoms with Crippen LogP contribution in [0.25, 0.3) is 0 Å². The van der Waals surface area contributed by atoms with Gasteiger partial charge in [0.1, 0.15) is 0 Å². The van der Waals surface area contributed by atoms with E-state index in [0.29, 0.717) is 12.8 Å². The average Bonchev–Trinajstić information content (AvgIpc) is 2.18. The van der Waals surface area contributed by atoms with Crippen molar-refractivity contribution in [3.8, 4) is 0 Å². The Bertz CT molecular complexity index is 355. The van der Waals surface area contributed by atoms with E-state index in [9.17, 15) is 13.2 Å². The van der Waals surface area contributed by atoms with Gasteiger partial charge in [0, 0.05) is 6.04 Å². The Kier molecular flexibility index (Phi) is 4.49. The van der Waals surface area contributed by atoms with Gasteiger partial charge < -0.3 is 5.32 Å². The van der Waals surface area contributed by atoms with Gasteiger partial charge in [-0.05, 0) is 31.8 Å². The molecule has 0 aromatic heterocycles.